The monoisotopic (exact) mass is 406 g/mol. The molecule has 1 heterocycles. The van der Waals surface area contributed by atoms with Crippen LogP contribution >= 0.6 is 11.6 Å². The predicted molar refractivity (Wildman–Crippen MR) is 118 cm³/mol. The van der Waals surface area contributed by atoms with Crippen LogP contribution in [0.2, 0.25) is 5.02 Å². The minimum Gasteiger partial charge on any atom is -0.465 e. The molecule has 148 valence electrons. The molecule has 0 bridgehead atoms. The lowest BCUT2D eigenvalue weighted by atomic mass is 9.92. The summed E-state index contributed by atoms with van der Waals surface area (Å²) in [5.41, 5.74) is 5.27. The van der Waals surface area contributed by atoms with Gasteiger partial charge in [0.2, 0.25) is 0 Å². The number of nitrogens with zero attached hydrogens (tertiary/aromatic N) is 1. The summed E-state index contributed by atoms with van der Waals surface area (Å²) in [5, 5.41) is 4.26. The first-order valence-electron chi connectivity index (χ1n) is 9.68. The summed E-state index contributed by atoms with van der Waals surface area (Å²) in [4.78, 5) is 14.2. The summed E-state index contributed by atoms with van der Waals surface area (Å²) in [6, 6.07) is 24.3. The first-order chi connectivity index (χ1) is 14.2. The van der Waals surface area contributed by atoms with E-state index in [-0.39, 0.29) is 12.0 Å². The van der Waals surface area contributed by atoms with E-state index in [2.05, 4.69) is 46.6 Å². The van der Waals surface area contributed by atoms with Crippen LogP contribution in [-0.2, 0) is 4.74 Å². The van der Waals surface area contributed by atoms with E-state index >= 15 is 0 Å². The van der Waals surface area contributed by atoms with Crippen LogP contribution in [0.4, 0.5) is 5.69 Å². The zero-order valence-electron chi connectivity index (χ0n) is 16.3. The lowest BCUT2D eigenvalue weighted by Crippen LogP contribution is -2.46. The molecule has 29 heavy (non-hydrogen) atoms. The smallest absolute Gasteiger partial charge is 0.337 e. The average Bonchev–Trinajstić information content (AvgIpc) is 2.79. The van der Waals surface area contributed by atoms with Gasteiger partial charge in [-0.3, -0.25) is 0 Å². The number of hydrogen-bond acceptors (Lipinski definition) is 4. The van der Waals surface area contributed by atoms with Crippen LogP contribution in [0, 0.1) is 0 Å². The number of halogens is 1. The number of rotatable bonds is 4. The standard InChI is InChI=1S/C24H23ClN2O2/c1-29-24(28)18-8-12-20(13-9-18)27-15-14-26-16-23(27)22-5-3-2-4-21(22)17-6-10-19(25)11-7-17/h2-13,23,26H,14-16H2,1H3. The number of ether oxygens (including phenoxy) is 1. The highest BCUT2D eigenvalue weighted by Gasteiger charge is 2.26. The summed E-state index contributed by atoms with van der Waals surface area (Å²) in [6.07, 6.45) is 0. The van der Waals surface area contributed by atoms with Gasteiger partial charge in [0.05, 0.1) is 18.7 Å². The van der Waals surface area contributed by atoms with Crippen molar-refractivity contribution in [3.05, 3.63) is 88.9 Å². The second-order valence-corrected chi connectivity index (χ2v) is 7.48. The van der Waals surface area contributed by atoms with Gasteiger partial charge in [-0.2, -0.15) is 0 Å². The van der Waals surface area contributed by atoms with Gasteiger partial charge in [0.25, 0.3) is 0 Å². The zero-order chi connectivity index (χ0) is 20.2. The van der Waals surface area contributed by atoms with Crippen molar-refractivity contribution < 1.29 is 9.53 Å². The molecule has 1 saturated heterocycles. The SMILES string of the molecule is COC(=O)c1ccc(N2CCNCC2c2ccccc2-c2ccc(Cl)cc2)cc1. The van der Waals surface area contributed by atoms with Crippen LogP contribution in [0.1, 0.15) is 22.0 Å². The number of anilines is 1. The lowest BCUT2D eigenvalue weighted by molar-refractivity contribution is 0.0601. The fourth-order valence-corrected chi connectivity index (χ4v) is 4.00. The van der Waals surface area contributed by atoms with E-state index < -0.39 is 0 Å². The van der Waals surface area contributed by atoms with Crippen molar-refractivity contribution >= 4 is 23.3 Å². The maximum Gasteiger partial charge on any atom is 0.337 e. The Morgan fingerprint density at radius 1 is 1.03 bits per heavy atom. The Labute approximate surface area is 176 Å². The summed E-state index contributed by atoms with van der Waals surface area (Å²) in [7, 11) is 1.40. The quantitative estimate of drug-likeness (QED) is 0.623. The highest BCUT2D eigenvalue weighted by molar-refractivity contribution is 6.30. The third-order valence-electron chi connectivity index (χ3n) is 5.34. The van der Waals surface area contributed by atoms with E-state index in [4.69, 9.17) is 16.3 Å². The molecule has 1 N–H and O–H groups in total. The van der Waals surface area contributed by atoms with Crippen molar-refractivity contribution in [2.24, 2.45) is 0 Å². The van der Waals surface area contributed by atoms with Gasteiger partial charge in [-0.15, -0.1) is 0 Å². The Morgan fingerprint density at radius 3 is 2.48 bits per heavy atom. The van der Waals surface area contributed by atoms with Gasteiger partial charge in [0.1, 0.15) is 0 Å². The summed E-state index contributed by atoms with van der Waals surface area (Å²) < 4.78 is 4.81. The zero-order valence-corrected chi connectivity index (χ0v) is 17.0. The molecule has 0 aromatic heterocycles. The van der Waals surface area contributed by atoms with Crippen LogP contribution in [0.15, 0.2) is 72.8 Å². The van der Waals surface area contributed by atoms with Crippen molar-refractivity contribution in [3.63, 3.8) is 0 Å². The Kier molecular flexibility index (Phi) is 5.84. The molecule has 1 aliphatic heterocycles. The topological polar surface area (TPSA) is 41.6 Å². The summed E-state index contributed by atoms with van der Waals surface area (Å²) in [5.74, 6) is -0.318. The van der Waals surface area contributed by atoms with Crippen LogP contribution in [0.25, 0.3) is 11.1 Å². The second kappa shape index (κ2) is 8.68. The summed E-state index contributed by atoms with van der Waals surface area (Å²) >= 11 is 6.09. The van der Waals surface area contributed by atoms with Crippen molar-refractivity contribution in [3.8, 4) is 11.1 Å². The molecular formula is C24H23ClN2O2. The molecule has 5 heteroatoms. The lowest BCUT2D eigenvalue weighted by Gasteiger charge is -2.39. The number of benzene rings is 3. The number of piperazine rings is 1. The minimum absolute atomic E-state index is 0.180. The maximum atomic E-state index is 11.8. The molecule has 0 radical (unpaired) electrons. The molecule has 1 aliphatic rings. The van der Waals surface area contributed by atoms with E-state index in [9.17, 15) is 4.79 Å². The molecule has 0 saturated carbocycles. The van der Waals surface area contributed by atoms with E-state index in [1.807, 2.05) is 36.4 Å². The molecule has 1 unspecified atom stereocenters. The number of esters is 1. The fourth-order valence-electron chi connectivity index (χ4n) is 3.88. The van der Waals surface area contributed by atoms with Crippen LogP contribution in [0.3, 0.4) is 0 Å². The van der Waals surface area contributed by atoms with E-state index in [1.54, 1.807) is 0 Å². The van der Waals surface area contributed by atoms with Gasteiger partial charge in [0, 0.05) is 30.3 Å². The first-order valence-corrected chi connectivity index (χ1v) is 10.1. The molecule has 1 fully saturated rings. The van der Waals surface area contributed by atoms with Gasteiger partial charge >= 0.3 is 5.97 Å². The van der Waals surface area contributed by atoms with Crippen molar-refractivity contribution in [1.82, 2.24) is 5.32 Å². The number of carbonyl (C=O) groups is 1. The van der Waals surface area contributed by atoms with Gasteiger partial charge in [-0.25, -0.2) is 4.79 Å². The molecule has 3 aromatic carbocycles. The Morgan fingerprint density at radius 2 is 1.76 bits per heavy atom. The number of methoxy groups -OCH3 is 1. The largest absolute Gasteiger partial charge is 0.465 e. The minimum atomic E-state index is -0.318. The number of hydrogen-bond donors (Lipinski definition) is 1. The molecule has 4 rings (SSSR count). The molecule has 0 spiro atoms. The molecule has 0 aliphatic carbocycles. The third-order valence-corrected chi connectivity index (χ3v) is 5.59. The van der Waals surface area contributed by atoms with Crippen LogP contribution in [-0.4, -0.2) is 32.7 Å². The number of carbonyl (C=O) groups excluding carboxylic acids is 1. The average molecular weight is 407 g/mol. The molecule has 4 nitrogen and oxygen atoms in total. The van der Waals surface area contributed by atoms with Crippen LogP contribution < -0.4 is 10.2 Å². The first kappa shape index (κ1) is 19.5. The third kappa shape index (κ3) is 4.14. The number of nitrogens with one attached hydrogen (secondary N) is 1. The molecular weight excluding hydrogens is 384 g/mol. The van der Waals surface area contributed by atoms with E-state index in [0.717, 1.165) is 35.9 Å². The fraction of sp³-hybridized carbons (Fsp3) is 0.208. The molecule has 1 atom stereocenters. The predicted octanol–water partition coefficient (Wildman–Crippen LogP) is 4.94. The Bertz CT molecular complexity index is 987. The van der Waals surface area contributed by atoms with Crippen molar-refractivity contribution in [1.29, 1.82) is 0 Å². The Hall–Kier alpha value is -2.82. The summed E-state index contributed by atoms with van der Waals surface area (Å²) in [6.45, 7) is 2.65. The van der Waals surface area contributed by atoms with Crippen LogP contribution in [0.5, 0.6) is 0 Å². The maximum absolute atomic E-state index is 11.8. The van der Waals surface area contributed by atoms with Gasteiger partial charge in [-0.05, 0) is 53.1 Å². The molecule has 0 amide bonds. The highest BCUT2D eigenvalue weighted by atomic mass is 35.5. The Balaban J connectivity index is 1.70. The van der Waals surface area contributed by atoms with Gasteiger partial charge in [0.15, 0.2) is 0 Å². The van der Waals surface area contributed by atoms with E-state index in [0.29, 0.717) is 5.56 Å². The van der Waals surface area contributed by atoms with Gasteiger partial charge in [-0.1, -0.05) is 48.0 Å². The van der Waals surface area contributed by atoms with Crippen molar-refractivity contribution in [2.45, 2.75) is 6.04 Å². The van der Waals surface area contributed by atoms with E-state index in [1.165, 1.54) is 18.2 Å². The highest BCUT2D eigenvalue weighted by Crippen LogP contribution is 2.35. The van der Waals surface area contributed by atoms with Crippen molar-refractivity contribution in [2.75, 3.05) is 31.6 Å². The molecule has 3 aromatic rings. The second-order valence-electron chi connectivity index (χ2n) is 7.05. The van der Waals surface area contributed by atoms with Gasteiger partial charge < -0.3 is 15.0 Å². The normalized spacial score (nSPS) is 16.5.